The van der Waals surface area contributed by atoms with Crippen LogP contribution in [-0.4, -0.2) is 51.1 Å². The molecule has 1 fully saturated rings. The van der Waals surface area contributed by atoms with Gasteiger partial charge < -0.3 is 14.8 Å². The first-order valence-corrected chi connectivity index (χ1v) is 8.29. The lowest BCUT2D eigenvalue weighted by atomic mass is 10.0. The second kappa shape index (κ2) is 7.87. The number of aromatic nitrogens is 3. The van der Waals surface area contributed by atoms with Crippen LogP contribution < -0.4 is 5.32 Å². The van der Waals surface area contributed by atoms with Gasteiger partial charge in [0.15, 0.2) is 0 Å². The van der Waals surface area contributed by atoms with Crippen molar-refractivity contribution in [2.75, 3.05) is 19.6 Å². The Morgan fingerprint density at radius 2 is 1.76 bits per heavy atom. The molecular formula is C17H20FN5O2. The van der Waals surface area contributed by atoms with Crippen LogP contribution in [0.25, 0.3) is 0 Å². The molecule has 0 atom stereocenters. The third-order valence-electron chi connectivity index (χ3n) is 4.41. The lowest BCUT2D eigenvalue weighted by Gasteiger charge is -2.32. The van der Waals surface area contributed by atoms with Gasteiger partial charge in [0.2, 0.25) is 5.91 Å². The molecule has 3 rings (SSSR count). The molecule has 0 aliphatic carbocycles. The number of hydrogen-bond donors (Lipinski definition) is 1. The fraction of sp³-hybridized carbons (Fsp3) is 0.412. The highest BCUT2D eigenvalue weighted by molar-refractivity contribution is 5.94. The predicted octanol–water partition coefficient (Wildman–Crippen LogP) is 1.40. The van der Waals surface area contributed by atoms with Crippen LogP contribution >= 0.6 is 0 Å². The molecule has 1 aromatic carbocycles. The molecule has 2 heterocycles. The van der Waals surface area contributed by atoms with Gasteiger partial charge in [-0.2, -0.15) is 0 Å². The zero-order chi connectivity index (χ0) is 17.6. The molecule has 1 saturated heterocycles. The molecule has 25 heavy (non-hydrogen) atoms. The van der Waals surface area contributed by atoms with Crippen LogP contribution in [0.2, 0.25) is 0 Å². The quantitative estimate of drug-likeness (QED) is 0.888. The van der Waals surface area contributed by atoms with Gasteiger partial charge in [-0.3, -0.25) is 9.59 Å². The maximum Gasteiger partial charge on any atom is 0.251 e. The topological polar surface area (TPSA) is 80.1 Å². The van der Waals surface area contributed by atoms with E-state index in [9.17, 15) is 14.0 Å². The van der Waals surface area contributed by atoms with E-state index in [-0.39, 0.29) is 30.6 Å². The fourth-order valence-corrected chi connectivity index (χ4v) is 2.96. The summed E-state index contributed by atoms with van der Waals surface area (Å²) in [6.07, 6.45) is 5.39. The van der Waals surface area contributed by atoms with E-state index in [0.717, 1.165) is 12.8 Å². The van der Waals surface area contributed by atoms with E-state index in [1.807, 2.05) is 9.47 Å². The first-order valence-electron chi connectivity index (χ1n) is 8.29. The number of amides is 2. The van der Waals surface area contributed by atoms with Crippen molar-refractivity contribution >= 4 is 11.8 Å². The van der Waals surface area contributed by atoms with Crippen molar-refractivity contribution in [3.63, 3.8) is 0 Å². The molecule has 1 aliphatic heterocycles. The third-order valence-corrected chi connectivity index (χ3v) is 4.41. The number of nitrogens with one attached hydrogen (secondary N) is 1. The standard InChI is InChI=1S/C17H20FN5O2/c18-14-3-1-13(2-4-14)17(25)19-8-5-16(24)22-9-6-15(7-10-22)23-11-20-21-12-23/h1-4,11-12,15H,5-10H2,(H,19,25). The molecule has 1 aromatic heterocycles. The lowest BCUT2D eigenvalue weighted by Crippen LogP contribution is -2.40. The first-order chi connectivity index (χ1) is 12.1. The highest BCUT2D eigenvalue weighted by atomic mass is 19.1. The largest absolute Gasteiger partial charge is 0.352 e. The lowest BCUT2D eigenvalue weighted by molar-refractivity contribution is -0.132. The van der Waals surface area contributed by atoms with Crippen molar-refractivity contribution in [2.45, 2.75) is 25.3 Å². The summed E-state index contributed by atoms with van der Waals surface area (Å²) in [5.41, 5.74) is 0.378. The summed E-state index contributed by atoms with van der Waals surface area (Å²) in [4.78, 5) is 26.0. The summed E-state index contributed by atoms with van der Waals surface area (Å²) in [5, 5.41) is 10.3. The zero-order valence-electron chi connectivity index (χ0n) is 13.8. The van der Waals surface area contributed by atoms with E-state index >= 15 is 0 Å². The highest BCUT2D eigenvalue weighted by Crippen LogP contribution is 2.21. The molecule has 8 heteroatoms. The van der Waals surface area contributed by atoms with Crippen molar-refractivity contribution in [3.05, 3.63) is 48.3 Å². The van der Waals surface area contributed by atoms with Crippen LogP contribution in [0, 0.1) is 5.82 Å². The number of nitrogens with zero attached hydrogens (tertiary/aromatic N) is 4. The van der Waals surface area contributed by atoms with Gasteiger partial charge in [0.25, 0.3) is 5.91 Å². The number of likely N-dealkylation sites (tertiary alicyclic amines) is 1. The Hall–Kier alpha value is -2.77. The number of carbonyl (C=O) groups is 2. The van der Waals surface area contributed by atoms with Gasteiger partial charge >= 0.3 is 0 Å². The van der Waals surface area contributed by atoms with E-state index in [4.69, 9.17) is 0 Å². The molecule has 0 bridgehead atoms. The Morgan fingerprint density at radius 1 is 1.12 bits per heavy atom. The second-order valence-corrected chi connectivity index (χ2v) is 6.03. The minimum atomic E-state index is -0.387. The SMILES string of the molecule is O=C(NCCC(=O)N1CCC(n2cnnc2)CC1)c1ccc(F)cc1. The summed E-state index contributed by atoms with van der Waals surface area (Å²) in [6, 6.07) is 5.64. The van der Waals surface area contributed by atoms with Gasteiger partial charge in [-0.15, -0.1) is 10.2 Å². The molecule has 132 valence electrons. The molecule has 7 nitrogen and oxygen atoms in total. The Bertz CT molecular complexity index is 709. The summed E-state index contributed by atoms with van der Waals surface area (Å²) in [7, 11) is 0. The maximum absolute atomic E-state index is 12.8. The average molecular weight is 345 g/mol. The third kappa shape index (κ3) is 4.40. The van der Waals surface area contributed by atoms with Gasteiger partial charge in [0.05, 0.1) is 0 Å². The van der Waals surface area contributed by atoms with Crippen molar-refractivity contribution < 1.29 is 14.0 Å². The number of piperidine rings is 1. The number of rotatable bonds is 5. The van der Waals surface area contributed by atoms with E-state index in [0.29, 0.717) is 24.7 Å². The highest BCUT2D eigenvalue weighted by Gasteiger charge is 2.23. The van der Waals surface area contributed by atoms with Crippen molar-refractivity contribution in [1.29, 1.82) is 0 Å². The van der Waals surface area contributed by atoms with Crippen LogP contribution in [0.4, 0.5) is 4.39 Å². The van der Waals surface area contributed by atoms with Crippen LogP contribution in [0.1, 0.15) is 35.7 Å². The maximum atomic E-state index is 12.8. The zero-order valence-corrected chi connectivity index (χ0v) is 13.8. The second-order valence-electron chi connectivity index (χ2n) is 6.03. The van der Waals surface area contributed by atoms with E-state index in [2.05, 4.69) is 15.5 Å². The Kier molecular flexibility index (Phi) is 5.37. The number of hydrogen-bond acceptors (Lipinski definition) is 4. The molecule has 1 N–H and O–H groups in total. The first kappa shape index (κ1) is 17.1. The van der Waals surface area contributed by atoms with Gasteiger partial charge in [0, 0.05) is 37.7 Å². The Balaban J connectivity index is 1.39. The van der Waals surface area contributed by atoms with Crippen LogP contribution in [0.3, 0.4) is 0 Å². The van der Waals surface area contributed by atoms with Crippen molar-refractivity contribution in [3.8, 4) is 0 Å². The van der Waals surface area contributed by atoms with Crippen LogP contribution in [-0.2, 0) is 4.79 Å². The number of halogens is 1. The number of benzene rings is 1. The molecular weight excluding hydrogens is 325 g/mol. The summed E-state index contributed by atoms with van der Waals surface area (Å²) >= 11 is 0. The Labute approximate surface area is 144 Å². The van der Waals surface area contributed by atoms with Gasteiger partial charge in [-0.05, 0) is 37.1 Å². The average Bonchev–Trinajstić information content (AvgIpc) is 3.17. The fourth-order valence-electron chi connectivity index (χ4n) is 2.96. The van der Waals surface area contributed by atoms with E-state index in [1.165, 1.54) is 24.3 Å². The minimum absolute atomic E-state index is 0.0293. The van der Waals surface area contributed by atoms with Crippen molar-refractivity contribution in [1.82, 2.24) is 25.0 Å². The summed E-state index contributed by atoms with van der Waals surface area (Å²) in [5.74, 6) is -0.665. The monoisotopic (exact) mass is 345 g/mol. The van der Waals surface area contributed by atoms with Crippen molar-refractivity contribution in [2.24, 2.45) is 0 Å². The van der Waals surface area contributed by atoms with E-state index < -0.39 is 0 Å². The normalized spacial score (nSPS) is 15.2. The van der Waals surface area contributed by atoms with E-state index in [1.54, 1.807) is 12.7 Å². The van der Waals surface area contributed by atoms with Gasteiger partial charge in [-0.25, -0.2) is 4.39 Å². The summed E-state index contributed by atoms with van der Waals surface area (Å²) in [6.45, 7) is 1.64. The smallest absolute Gasteiger partial charge is 0.251 e. The molecule has 0 radical (unpaired) electrons. The number of carbonyl (C=O) groups excluding carboxylic acids is 2. The van der Waals surface area contributed by atoms with Crippen LogP contribution in [0.5, 0.6) is 0 Å². The minimum Gasteiger partial charge on any atom is -0.352 e. The van der Waals surface area contributed by atoms with Gasteiger partial charge in [0.1, 0.15) is 18.5 Å². The Morgan fingerprint density at radius 3 is 2.40 bits per heavy atom. The molecule has 0 spiro atoms. The predicted molar refractivity (Wildman–Crippen MR) is 88.2 cm³/mol. The van der Waals surface area contributed by atoms with Gasteiger partial charge in [-0.1, -0.05) is 0 Å². The summed E-state index contributed by atoms with van der Waals surface area (Å²) < 4.78 is 14.8. The molecule has 1 aliphatic rings. The molecule has 2 amide bonds. The molecule has 2 aromatic rings. The van der Waals surface area contributed by atoms with Crippen LogP contribution in [0.15, 0.2) is 36.9 Å². The molecule has 0 saturated carbocycles. The molecule has 0 unspecified atom stereocenters.